The summed E-state index contributed by atoms with van der Waals surface area (Å²) in [5.74, 6) is 0. The Morgan fingerprint density at radius 3 is 2.48 bits per heavy atom. The van der Waals surface area contributed by atoms with E-state index in [4.69, 9.17) is 23.2 Å². The summed E-state index contributed by atoms with van der Waals surface area (Å²) in [5, 5.41) is 5.59. The van der Waals surface area contributed by atoms with Gasteiger partial charge in [0.15, 0.2) is 0 Å². The molecule has 3 rings (SSSR count). The highest BCUT2D eigenvalue weighted by atomic mass is 35.5. The number of halogens is 2. The second kappa shape index (κ2) is 7.26. The van der Waals surface area contributed by atoms with E-state index in [0.717, 1.165) is 36.9 Å². The van der Waals surface area contributed by atoms with Gasteiger partial charge in [-0.2, -0.15) is 0 Å². The van der Waals surface area contributed by atoms with E-state index in [0.29, 0.717) is 0 Å². The Labute approximate surface area is 149 Å². The molecule has 0 atom stereocenters. The summed E-state index contributed by atoms with van der Waals surface area (Å²) in [6.45, 7) is 2.01. The zero-order valence-corrected chi connectivity index (χ0v) is 14.6. The number of rotatable bonds is 4. The molecule has 0 bridgehead atoms. The molecule has 2 nitrogen and oxygen atoms in total. The smallest absolute Gasteiger partial charge is 0.111 e. The summed E-state index contributed by atoms with van der Waals surface area (Å²) in [6, 6.07) is 18.6. The summed E-state index contributed by atoms with van der Waals surface area (Å²) in [6.07, 6.45) is 1.77. The van der Waals surface area contributed by atoms with Crippen LogP contribution in [0, 0.1) is 13.0 Å². The van der Waals surface area contributed by atoms with E-state index >= 15 is 0 Å². The van der Waals surface area contributed by atoms with Gasteiger partial charge in [-0.15, -0.1) is 0 Å². The van der Waals surface area contributed by atoms with Crippen LogP contribution in [-0.4, -0.2) is 4.98 Å². The molecule has 115 valence electrons. The van der Waals surface area contributed by atoms with E-state index in [-0.39, 0.29) is 0 Å². The van der Waals surface area contributed by atoms with Crippen molar-refractivity contribution in [2.24, 2.45) is 0 Å². The van der Waals surface area contributed by atoms with Gasteiger partial charge in [0, 0.05) is 32.9 Å². The molecule has 1 aromatic heterocycles. The first-order valence-corrected chi connectivity index (χ1v) is 8.52. The lowest BCUT2D eigenvalue weighted by atomic mass is 10.2. The lowest BCUT2D eigenvalue weighted by molar-refractivity contribution is 1.12. The van der Waals surface area contributed by atoms with Gasteiger partial charge >= 0.3 is 0 Å². The lowest BCUT2D eigenvalue weighted by Gasteiger charge is -2.10. The van der Waals surface area contributed by atoms with Gasteiger partial charge in [0.25, 0.3) is 0 Å². The number of nitrogens with zero attached hydrogens (tertiary/aromatic N) is 1. The van der Waals surface area contributed by atoms with Gasteiger partial charge < -0.3 is 5.32 Å². The molecule has 0 saturated carbocycles. The van der Waals surface area contributed by atoms with Crippen molar-refractivity contribution in [1.29, 1.82) is 0 Å². The maximum absolute atomic E-state index is 5.99. The average molecular weight is 360 g/mol. The minimum atomic E-state index is 0.722. The summed E-state index contributed by atoms with van der Waals surface area (Å²) < 4.78 is 0. The van der Waals surface area contributed by atoms with Crippen LogP contribution in [0.25, 0.3) is 0 Å². The molecule has 0 fully saturated rings. The normalized spacial score (nSPS) is 10.6. The molecule has 3 aromatic rings. The van der Waals surface area contributed by atoms with Crippen LogP contribution < -0.4 is 5.32 Å². The standard InChI is InChI=1S/C18H13Cl2N2S/c1-12-10-14(20)4-7-17(12)22-15-8-9-21-18(11-15)23-16-5-2-13(19)3-6-16/h2-10H,1H3,(H,21,22). The second-order valence-electron chi connectivity index (χ2n) is 4.93. The second-order valence-corrected chi connectivity index (χ2v) is 6.86. The Hall–Kier alpha value is -1.68. The molecule has 1 N–H and O–H groups in total. The molecule has 2 aromatic carbocycles. The zero-order valence-electron chi connectivity index (χ0n) is 12.3. The number of hydrogen-bond donors (Lipinski definition) is 1. The van der Waals surface area contributed by atoms with Crippen molar-refractivity contribution >= 4 is 46.3 Å². The molecule has 0 amide bonds. The molecule has 1 radical (unpaired) electrons. The van der Waals surface area contributed by atoms with Crippen LogP contribution >= 0.6 is 35.0 Å². The Balaban J connectivity index is 1.78. The monoisotopic (exact) mass is 359 g/mol. The summed E-state index contributed by atoms with van der Waals surface area (Å²) in [5.41, 5.74) is 2.94. The molecule has 0 unspecified atom stereocenters. The first kappa shape index (κ1) is 16.2. The Kier molecular flexibility index (Phi) is 5.11. The van der Waals surface area contributed by atoms with Gasteiger partial charge in [-0.25, -0.2) is 4.98 Å². The predicted octanol–water partition coefficient (Wildman–Crippen LogP) is 6.39. The maximum Gasteiger partial charge on any atom is 0.111 e. The van der Waals surface area contributed by atoms with Gasteiger partial charge in [-0.1, -0.05) is 35.0 Å². The highest BCUT2D eigenvalue weighted by Gasteiger charge is 2.04. The number of hydrogen-bond acceptors (Lipinski definition) is 3. The van der Waals surface area contributed by atoms with E-state index < -0.39 is 0 Å². The van der Waals surface area contributed by atoms with Crippen molar-refractivity contribution in [2.45, 2.75) is 16.8 Å². The van der Waals surface area contributed by atoms with Gasteiger partial charge in [-0.05, 0) is 61.0 Å². The Bertz CT molecular complexity index is 820. The molecule has 0 aliphatic carbocycles. The number of anilines is 2. The number of pyridine rings is 1. The number of aryl methyl sites for hydroxylation is 1. The molecule has 23 heavy (non-hydrogen) atoms. The minimum absolute atomic E-state index is 0.722. The van der Waals surface area contributed by atoms with Crippen molar-refractivity contribution in [3.8, 4) is 0 Å². The van der Waals surface area contributed by atoms with Crippen LogP contribution in [0.4, 0.5) is 11.4 Å². The van der Waals surface area contributed by atoms with E-state index in [1.165, 1.54) is 0 Å². The van der Waals surface area contributed by atoms with Crippen LogP contribution in [0.15, 0.2) is 64.6 Å². The van der Waals surface area contributed by atoms with Crippen molar-refractivity contribution in [3.05, 3.63) is 76.4 Å². The van der Waals surface area contributed by atoms with Gasteiger partial charge in [0.2, 0.25) is 0 Å². The number of nitrogens with one attached hydrogen (secondary N) is 1. The third kappa shape index (κ3) is 4.41. The highest BCUT2D eigenvalue weighted by Crippen LogP contribution is 2.29. The fraction of sp³-hybridized carbons (Fsp3) is 0.0556. The van der Waals surface area contributed by atoms with E-state index in [9.17, 15) is 0 Å². The van der Waals surface area contributed by atoms with Crippen LogP contribution in [0.3, 0.4) is 0 Å². The summed E-state index contributed by atoms with van der Waals surface area (Å²) >= 11 is 13.4. The lowest BCUT2D eigenvalue weighted by Crippen LogP contribution is -1.94. The molecule has 0 aliphatic heterocycles. The predicted molar refractivity (Wildman–Crippen MR) is 98.1 cm³/mol. The van der Waals surface area contributed by atoms with Crippen molar-refractivity contribution in [1.82, 2.24) is 4.98 Å². The molecule has 5 heteroatoms. The molecular formula is C18H13Cl2N2S. The van der Waals surface area contributed by atoms with E-state index in [1.807, 2.05) is 55.5 Å². The molecule has 0 aliphatic rings. The molecule has 0 saturated heterocycles. The Morgan fingerprint density at radius 1 is 1.00 bits per heavy atom. The summed E-state index contributed by atoms with van der Waals surface area (Å²) in [7, 11) is 0. The van der Waals surface area contributed by atoms with Crippen LogP contribution in [0.5, 0.6) is 0 Å². The first-order chi connectivity index (χ1) is 11.1. The van der Waals surface area contributed by atoms with Crippen LogP contribution in [0.2, 0.25) is 10.0 Å². The first-order valence-electron chi connectivity index (χ1n) is 6.95. The summed E-state index contributed by atoms with van der Waals surface area (Å²) in [4.78, 5) is 5.42. The molecular weight excluding hydrogens is 347 g/mol. The van der Waals surface area contributed by atoms with Crippen molar-refractivity contribution < 1.29 is 0 Å². The SMILES string of the molecule is Cc1cc(Cl)ccc1Nc1[c]c(Sc2ccc(Cl)cc2)ncc1. The third-order valence-electron chi connectivity index (χ3n) is 3.16. The van der Waals surface area contributed by atoms with E-state index in [2.05, 4.69) is 16.4 Å². The highest BCUT2D eigenvalue weighted by molar-refractivity contribution is 7.99. The topological polar surface area (TPSA) is 24.9 Å². The van der Waals surface area contributed by atoms with Crippen LogP contribution in [-0.2, 0) is 0 Å². The molecule has 1 heterocycles. The van der Waals surface area contributed by atoms with Crippen molar-refractivity contribution in [2.75, 3.05) is 5.32 Å². The fourth-order valence-corrected chi connectivity index (χ4v) is 3.14. The molecule has 0 spiro atoms. The number of aromatic nitrogens is 1. The van der Waals surface area contributed by atoms with Crippen LogP contribution in [0.1, 0.15) is 5.56 Å². The van der Waals surface area contributed by atoms with Gasteiger partial charge in [0.1, 0.15) is 5.03 Å². The van der Waals surface area contributed by atoms with Gasteiger partial charge in [-0.3, -0.25) is 0 Å². The Morgan fingerprint density at radius 2 is 1.74 bits per heavy atom. The fourth-order valence-electron chi connectivity index (χ4n) is 2.02. The minimum Gasteiger partial charge on any atom is -0.355 e. The third-order valence-corrected chi connectivity index (χ3v) is 4.56. The average Bonchev–Trinajstić information content (AvgIpc) is 2.53. The quantitative estimate of drug-likeness (QED) is 0.583. The van der Waals surface area contributed by atoms with Crippen molar-refractivity contribution in [3.63, 3.8) is 0 Å². The maximum atomic E-state index is 5.99. The number of benzene rings is 2. The largest absolute Gasteiger partial charge is 0.355 e. The van der Waals surface area contributed by atoms with Gasteiger partial charge in [0.05, 0.1) is 5.69 Å². The van der Waals surface area contributed by atoms with E-state index in [1.54, 1.807) is 18.0 Å². The zero-order chi connectivity index (χ0) is 16.2.